The molecule has 2 aromatic carbocycles. The fourth-order valence-electron chi connectivity index (χ4n) is 3.47. The van der Waals surface area contributed by atoms with Crippen LogP contribution in [0.1, 0.15) is 46.1 Å². The number of benzene rings is 2. The van der Waals surface area contributed by atoms with Gasteiger partial charge >= 0.3 is 0 Å². The summed E-state index contributed by atoms with van der Waals surface area (Å²) in [5.74, 6) is 0.408. The van der Waals surface area contributed by atoms with Gasteiger partial charge in [-0.3, -0.25) is 9.89 Å². The first-order valence-electron chi connectivity index (χ1n) is 8.36. The predicted molar refractivity (Wildman–Crippen MR) is 93.2 cm³/mol. The van der Waals surface area contributed by atoms with Crippen LogP contribution in [0.4, 0.5) is 5.69 Å². The molecule has 4 heteroatoms. The van der Waals surface area contributed by atoms with Crippen molar-refractivity contribution in [1.29, 1.82) is 0 Å². The average Bonchev–Trinajstić information content (AvgIpc) is 3.20. The van der Waals surface area contributed by atoms with Crippen molar-refractivity contribution in [2.75, 3.05) is 5.32 Å². The SMILES string of the molecule is O=C(Nc1ccc2c(c1)Cc1ccccc1-2)c1cc(C2CC2)[nH]n1. The standard InChI is InChI=1S/C20H17N3O/c24-20(19-11-18(22-23-19)12-5-6-12)21-15-7-8-17-14(10-15)9-13-3-1-2-4-16(13)17/h1-4,7-8,10-12H,5-6,9H2,(H,21,24)(H,22,23). The van der Waals surface area contributed by atoms with Crippen molar-refractivity contribution in [2.45, 2.75) is 25.2 Å². The lowest BCUT2D eigenvalue weighted by Gasteiger charge is -2.06. The molecular weight excluding hydrogens is 298 g/mol. The number of anilines is 1. The second kappa shape index (κ2) is 5.06. The molecule has 1 aromatic heterocycles. The van der Waals surface area contributed by atoms with Gasteiger partial charge in [-0.25, -0.2) is 0 Å². The molecule has 24 heavy (non-hydrogen) atoms. The number of carbonyl (C=O) groups is 1. The van der Waals surface area contributed by atoms with Crippen molar-refractivity contribution < 1.29 is 4.79 Å². The summed E-state index contributed by atoms with van der Waals surface area (Å²) in [6.07, 6.45) is 3.30. The van der Waals surface area contributed by atoms with Crippen LogP contribution < -0.4 is 5.32 Å². The minimum atomic E-state index is -0.159. The largest absolute Gasteiger partial charge is 0.321 e. The van der Waals surface area contributed by atoms with E-state index in [0.717, 1.165) is 17.8 Å². The Bertz CT molecular complexity index is 953. The Morgan fingerprint density at radius 2 is 1.88 bits per heavy atom. The third-order valence-electron chi connectivity index (χ3n) is 4.90. The van der Waals surface area contributed by atoms with Crippen molar-refractivity contribution in [1.82, 2.24) is 10.2 Å². The number of carbonyl (C=O) groups excluding carboxylic acids is 1. The zero-order valence-corrected chi connectivity index (χ0v) is 13.2. The lowest BCUT2D eigenvalue weighted by atomic mass is 10.1. The number of rotatable bonds is 3. The van der Waals surface area contributed by atoms with Crippen LogP contribution in [0.5, 0.6) is 0 Å². The molecule has 3 aromatic rings. The van der Waals surface area contributed by atoms with Gasteiger partial charge < -0.3 is 5.32 Å². The summed E-state index contributed by atoms with van der Waals surface area (Å²) < 4.78 is 0. The Morgan fingerprint density at radius 1 is 1.04 bits per heavy atom. The highest BCUT2D eigenvalue weighted by molar-refractivity contribution is 6.03. The number of hydrogen-bond acceptors (Lipinski definition) is 2. The first kappa shape index (κ1) is 13.5. The van der Waals surface area contributed by atoms with Gasteiger partial charge in [0.15, 0.2) is 5.69 Å². The molecule has 2 aliphatic carbocycles. The summed E-state index contributed by atoms with van der Waals surface area (Å²) >= 11 is 0. The van der Waals surface area contributed by atoms with Gasteiger partial charge in [0.2, 0.25) is 0 Å². The van der Waals surface area contributed by atoms with E-state index in [4.69, 9.17) is 0 Å². The minimum absolute atomic E-state index is 0.159. The highest BCUT2D eigenvalue weighted by atomic mass is 16.1. The summed E-state index contributed by atoms with van der Waals surface area (Å²) in [6, 6.07) is 16.5. The van der Waals surface area contributed by atoms with Crippen molar-refractivity contribution in [3.63, 3.8) is 0 Å². The second-order valence-corrected chi connectivity index (χ2v) is 6.64. The van der Waals surface area contributed by atoms with E-state index in [1.54, 1.807) is 0 Å². The highest BCUT2D eigenvalue weighted by Gasteiger charge is 2.26. The predicted octanol–water partition coefficient (Wildman–Crippen LogP) is 4.11. The van der Waals surface area contributed by atoms with Crippen molar-refractivity contribution in [3.8, 4) is 11.1 Å². The lowest BCUT2D eigenvalue weighted by molar-refractivity contribution is 0.102. The first-order valence-corrected chi connectivity index (χ1v) is 8.36. The molecule has 118 valence electrons. The van der Waals surface area contributed by atoms with Crippen molar-refractivity contribution >= 4 is 11.6 Å². The third-order valence-corrected chi connectivity index (χ3v) is 4.90. The normalized spacial score (nSPS) is 15.0. The Morgan fingerprint density at radius 3 is 2.75 bits per heavy atom. The van der Waals surface area contributed by atoms with Gasteiger partial charge in [0.1, 0.15) is 0 Å². The quantitative estimate of drug-likeness (QED) is 0.598. The Balaban J connectivity index is 1.38. The molecule has 0 spiro atoms. The summed E-state index contributed by atoms with van der Waals surface area (Å²) in [6.45, 7) is 0. The van der Waals surface area contributed by atoms with Crippen molar-refractivity contribution in [3.05, 3.63) is 71.0 Å². The van der Waals surface area contributed by atoms with Crippen LogP contribution in [-0.2, 0) is 6.42 Å². The molecule has 0 bridgehead atoms. The first-order chi connectivity index (χ1) is 11.8. The maximum atomic E-state index is 12.4. The number of aromatic amines is 1. The van der Waals surface area contributed by atoms with E-state index >= 15 is 0 Å². The summed E-state index contributed by atoms with van der Waals surface area (Å²) in [5.41, 5.74) is 7.52. The molecule has 0 unspecified atom stereocenters. The Labute approximate surface area is 139 Å². The van der Waals surface area contributed by atoms with E-state index in [2.05, 4.69) is 51.9 Å². The number of fused-ring (bicyclic) bond motifs is 3. The maximum Gasteiger partial charge on any atom is 0.276 e. The Hall–Kier alpha value is -2.88. The molecule has 0 atom stereocenters. The van der Waals surface area contributed by atoms with Crippen LogP contribution >= 0.6 is 0 Å². The second-order valence-electron chi connectivity index (χ2n) is 6.64. The molecule has 4 nitrogen and oxygen atoms in total. The number of nitrogens with zero attached hydrogens (tertiary/aromatic N) is 1. The maximum absolute atomic E-state index is 12.4. The highest BCUT2D eigenvalue weighted by Crippen LogP contribution is 2.39. The number of H-pyrrole nitrogens is 1. The van der Waals surface area contributed by atoms with Gasteiger partial charge in [-0.2, -0.15) is 5.10 Å². The fourth-order valence-corrected chi connectivity index (χ4v) is 3.47. The molecule has 5 rings (SSSR count). The fraction of sp³-hybridized carbons (Fsp3) is 0.200. The van der Waals surface area contributed by atoms with Gasteiger partial charge in [0, 0.05) is 17.3 Å². The molecule has 1 amide bonds. The average molecular weight is 315 g/mol. The molecule has 1 saturated carbocycles. The van der Waals surface area contributed by atoms with Crippen LogP contribution in [0.25, 0.3) is 11.1 Å². The molecule has 1 fully saturated rings. The van der Waals surface area contributed by atoms with Crippen LogP contribution in [0.3, 0.4) is 0 Å². The van der Waals surface area contributed by atoms with Gasteiger partial charge in [0.05, 0.1) is 0 Å². The van der Waals surface area contributed by atoms with E-state index in [1.165, 1.54) is 35.1 Å². The summed E-state index contributed by atoms with van der Waals surface area (Å²) in [7, 11) is 0. The topological polar surface area (TPSA) is 57.8 Å². The van der Waals surface area contributed by atoms with Gasteiger partial charge in [-0.05, 0) is 59.7 Å². The molecule has 1 heterocycles. The minimum Gasteiger partial charge on any atom is -0.321 e. The van der Waals surface area contributed by atoms with Gasteiger partial charge in [-0.15, -0.1) is 0 Å². The molecule has 2 N–H and O–H groups in total. The van der Waals surface area contributed by atoms with E-state index in [9.17, 15) is 4.79 Å². The number of amides is 1. The van der Waals surface area contributed by atoms with Gasteiger partial charge in [-0.1, -0.05) is 30.3 Å². The van der Waals surface area contributed by atoms with Crippen molar-refractivity contribution in [2.24, 2.45) is 0 Å². The van der Waals surface area contributed by atoms with Crippen LogP contribution in [0.15, 0.2) is 48.5 Å². The molecule has 0 radical (unpaired) electrons. The monoisotopic (exact) mass is 315 g/mol. The molecular formula is C20H17N3O. The molecule has 0 saturated heterocycles. The van der Waals surface area contributed by atoms with Crippen LogP contribution in [0, 0.1) is 0 Å². The molecule has 0 aliphatic heterocycles. The van der Waals surface area contributed by atoms with E-state index in [-0.39, 0.29) is 5.91 Å². The van der Waals surface area contributed by atoms with Crippen LogP contribution in [0.2, 0.25) is 0 Å². The lowest BCUT2D eigenvalue weighted by Crippen LogP contribution is -2.12. The molecule has 2 aliphatic rings. The summed E-state index contributed by atoms with van der Waals surface area (Å²) in [5, 5.41) is 10.1. The zero-order chi connectivity index (χ0) is 16.1. The van der Waals surface area contributed by atoms with Gasteiger partial charge in [0.25, 0.3) is 5.91 Å². The Kier molecular flexibility index (Phi) is 2.86. The van der Waals surface area contributed by atoms with E-state index < -0.39 is 0 Å². The number of nitrogens with one attached hydrogen (secondary N) is 2. The van der Waals surface area contributed by atoms with Crippen LogP contribution in [-0.4, -0.2) is 16.1 Å². The number of aromatic nitrogens is 2. The van der Waals surface area contributed by atoms with E-state index in [0.29, 0.717) is 11.6 Å². The van der Waals surface area contributed by atoms with E-state index in [1.807, 2.05) is 12.1 Å². The smallest absolute Gasteiger partial charge is 0.276 e. The summed E-state index contributed by atoms with van der Waals surface area (Å²) in [4.78, 5) is 12.4. The zero-order valence-electron chi connectivity index (χ0n) is 13.2. The third kappa shape index (κ3) is 2.22. The number of hydrogen-bond donors (Lipinski definition) is 2.